The third-order valence-electron chi connectivity index (χ3n) is 3.90. The summed E-state index contributed by atoms with van der Waals surface area (Å²) in [6.45, 7) is 3.95. The van der Waals surface area contributed by atoms with Crippen LogP contribution in [0.4, 0.5) is 5.82 Å². The van der Waals surface area contributed by atoms with Gasteiger partial charge in [-0.2, -0.15) is 0 Å². The molecule has 8 heteroatoms. The van der Waals surface area contributed by atoms with Crippen molar-refractivity contribution in [1.82, 2.24) is 20.3 Å². The monoisotopic (exact) mass is 353 g/mol. The van der Waals surface area contributed by atoms with Gasteiger partial charge in [0.1, 0.15) is 17.4 Å². The fourth-order valence-corrected chi connectivity index (χ4v) is 2.25. The molecule has 8 nitrogen and oxygen atoms in total. The average molecular weight is 353 g/mol. The van der Waals surface area contributed by atoms with Gasteiger partial charge >= 0.3 is 0 Å². The molecule has 26 heavy (non-hydrogen) atoms. The molecule has 0 aromatic carbocycles. The quantitative estimate of drug-likeness (QED) is 0.622. The maximum absolute atomic E-state index is 11.8. The van der Waals surface area contributed by atoms with Crippen molar-refractivity contribution in [3.8, 4) is 11.4 Å². The zero-order valence-corrected chi connectivity index (χ0v) is 14.5. The van der Waals surface area contributed by atoms with E-state index < -0.39 is 0 Å². The second-order valence-corrected chi connectivity index (χ2v) is 5.77. The van der Waals surface area contributed by atoms with Gasteiger partial charge in [-0.25, -0.2) is 9.97 Å². The molecular formula is C18H19N5O3. The predicted octanol–water partition coefficient (Wildman–Crippen LogP) is 1.77. The number of rotatable bonds is 6. The summed E-state index contributed by atoms with van der Waals surface area (Å²) >= 11 is 0. The number of amides is 1. The van der Waals surface area contributed by atoms with Gasteiger partial charge in [0.05, 0.1) is 19.4 Å². The van der Waals surface area contributed by atoms with Crippen molar-refractivity contribution in [3.05, 3.63) is 64.1 Å². The molecule has 0 aliphatic carbocycles. The Balaban J connectivity index is 1.57. The Labute approximate surface area is 149 Å². The molecule has 0 saturated carbocycles. The van der Waals surface area contributed by atoms with E-state index in [-0.39, 0.29) is 18.0 Å². The SMILES string of the molecule is Cc1nc(-c2ccc(NCC(=O)NCc3ccco3)nc2)[nH]c(=O)c1C. The van der Waals surface area contributed by atoms with E-state index in [2.05, 4.69) is 25.6 Å². The van der Waals surface area contributed by atoms with E-state index in [9.17, 15) is 9.59 Å². The van der Waals surface area contributed by atoms with E-state index in [0.717, 1.165) is 0 Å². The number of pyridine rings is 1. The van der Waals surface area contributed by atoms with Gasteiger partial charge in [-0.3, -0.25) is 9.59 Å². The molecule has 3 rings (SSSR count). The molecule has 3 heterocycles. The highest BCUT2D eigenvalue weighted by Gasteiger charge is 2.07. The van der Waals surface area contributed by atoms with Crippen molar-refractivity contribution < 1.29 is 9.21 Å². The van der Waals surface area contributed by atoms with Gasteiger partial charge in [0.15, 0.2) is 0 Å². The van der Waals surface area contributed by atoms with Crippen molar-refractivity contribution in [2.24, 2.45) is 0 Å². The van der Waals surface area contributed by atoms with Crippen LogP contribution in [-0.2, 0) is 11.3 Å². The van der Waals surface area contributed by atoms with E-state index >= 15 is 0 Å². The molecular weight excluding hydrogens is 334 g/mol. The summed E-state index contributed by atoms with van der Waals surface area (Å²) < 4.78 is 5.15. The second-order valence-electron chi connectivity index (χ2n) is 5.77. The van der Waals surface area contributed by atoms with Gasteiger partial charge < -0.3 is 20.0 Å². The van der Waals surface area contributed by atoms with Crippen LogP contribution in [0.3, 0.4) is 0 Å². The normalized spacial score (nSPS) is 10.5. The van der Waals surface area contributed by atoms with Crippen LogP contribution in [0.15, 0.2) is 45.9 Å². The molecule has 3 N–H and O–H groups in total. The van der Waals surface area contributed by atoms with Gasteiger partial charge in [0.25, 0.3) is 5.56 Å². The van der Waals surface area contributed by atoms with Crippen LogP contribution < -0.4 is 16.2 Å². The number of H-pyrrole nitrogens is 1. The molecule has 0 atom stereocenters. The largest absolute Gasteiger partial charge is 0.467 e. The summed E-state index contributed by atoms with van der Waals surface area (Å²) in [5, 5.41) is 5.68. The lowest BCUT2D eigenvalue weighted by molar-refractivity contribution is -0.119. The number of furan rings is 1. The minimum absolute atomic E-state index is 0.0891. The van der Waals surface area contributed by atoms with E-state index in [4.69, 9.17) is 4.42 Å². The molecule has 0 bridgehead atoms. The summed E-state index contributed by atoms with van der Waals surface area (Å²) in [5.74, 6) is 1.53. The summed E-state index contributed by atoms with van der Waals surface area (Å²) in [5.41, 5.74) is 1.81. The van der Waals surface area contributed by atoms with Crippen molar-refractivity contribution in [2.75, 3.05) is 11.9 Å². The molecule has 1 amide bonds. The number of aromatic amines is 1. The third kappa shape index (κ3) is 4.15. The zero-order valence-electron chi connectivity index (χ0n) is 14.5. The number of nitrogens with one attached hydrogen (secondary N) is 3. The molecule has 0 aliphatic rings. The molecule has 0 aliphatic heterocycles. The van der Waals surface area contributed by atoms with Gasteiger partial charge in [-0.05, 0) is 38.1 Å². The topological polar surface area (TPSA) is 113 Å². The van der Waals surface area contributed by atoms with E-state index in [1.165, 1.54) is 0 Å². The van der Waals surface area contributed by atoms with Crippen LogP contribution in [0, 0.1) is 13.8 Å². The highest BCUT2D eigenvalue weighted by atomic mass is 16.3. The molecule has 0 saturated heterocycles. The Kier molecular flexibility index (Phi) is 5.12. The lowest BCUT2D eigenvalue weighted by atomic mass is 10.2. The number of hydrogen-bond acceptors (Lipinski definition) is 6. The van der Waals surface area contributed by atoms with E-state index in [1.807, 2.05) is 0 Å². The molecule has 0 unspecified atom stereocenters. The zero-order chi connectivity index (χ0) is 18.5. The first-order valence-corrected chi connectivity index (χ1v) is 8.10. The van der Waals surface area contributed by atoms with Crippen LogP contribution >= 0.6 is 0 Å². The Bertz CT molecular complexity index is 946. The van der Waals surface area contributed by atoms with Gasteiger partial charge in [0, 0.05) is 23.0 Å². The van der Waals surface area contributed by atoms with Crippen molar-refractivity contribution in [2.45, 2.75) is 20.4 Å². The number of nitrogens with zero attached hydrogens (tertiary/aromatic N) is 2. The van der Waals surface area contributed by atoms with Crippen LogP contribution in [0.25, 0.3) is 11.4 Å². The summed E-state index contributed by atoms with van der Waals surface area (Å²) in [6.07, 6.45) is 3.15. The number of aromatic nitrogens is 3. The third-order valence-corrected chi connectivity index (χ3v) is 3.90. The van der Waals surface area contributed by atoms with Crippen LogP contribution in [0.2, 0.25) is 0 Å². The van der Waals surface area contributed by atoms with Crippen LogP contribution in [0.1, 0.15) is 17.0 Å². The maximum atomic E-state index is 11.8. The fourth-order valence-electron chi connectivity index (χ4n) is 2.25. The van der Waals surface area contributed by atoms with Crippen molar-refractivity contribution in [3.63, 3.8) is 0 Å². The van der Waals surface area contributed by atoms with Gasteiger partial charge in [-0.1, -0.05) is 0 Å². The predicted molar refractivity (Wildman–Crippen MR) is 96.6 cm³/mol. The fraction of sp³-hybridized carbons (Fsp3) is 0.222. The minimum Gasteiger partial charge on any atom is -0.467 e. The van der Waals surface area contributed by atoms with E-state index in [0.29, 0.717) is 40.8 Å². The minimum atomic E-state index is -0.174. The Morgan fingerprint density at radius 3 is 2.77 bits per heavy atom. The summed E-state index contributed by atoms with van der Waals surface area (Å²) in [7, 11) is 0. The summed E-state index contributed by atoms with van der Waals surface area (Å²) in [4.78, 5) is 35.0. The first-order valence-electron chi connectivity index (χ1n) is 8.10. The number of carbonyl (C=O) groups excluding carboxylic acids is 1. The Morgan fingerprint density at radius 2 is 2.12 bits per heavy atom. The first-order chi connectivity index (χ1) is 12.5. The molecule has 3 aromatic rings. The number of carbonyl (C=O) groups is 1. The van der Waals surface area contributed by atoms with Crippen molar-refractivity contribution in [1.29, 1.82) is 0 Å². The smallest absolute Gasteiger partial charge is 0.254 e. The molecule has 134 valence electrons. The maximum Gasteiger partial charge on any atom is 0.254 e. The lowest BCUT2D eigenvalue weighted by Crippen LogP contribution is -2.29. The first kappa shape index (κ1) is 17.4. The van der Waals surface area contributed by atoms with Gasteiger partial charge in [-0.15, -0.1) is 0 Å². The average Bonchev–Trinajstić information content (AvgIpc) is 3.16. The van der Waals surface area contributed by atoms with E-state index in [1.54, 1.807) is 50.6 Å². The number of hydrogen-bond donors (Lipinski definition) is 3. The molecule has 3 aromatic heterocycles. The second kappa shape index (κ2) is 7.64. The number of anilines is 1. The number of aryl methyl sites for hydroxylation is 1. The van der Waals surface area contributed by atoms with Crippen LogP contribution in [-0.4, -0.2) is 27.4 Å². The van der Waals surface area contributed by atoms with Gasteiger partial charge in [0.2, 0.25) is 5.91 Å². The van der Waals surface area contributed by atoms with Crippen LogP contribution in [0.5, 0.6) is 0 Å². The molecule has 0 fully saturated rings. The Morgan fingerprint density at radius 1 is 1.27 bits per heavy atom. The highest BCUT2D eigenvalue weighted by Crippen LogP contribution is 2.15. The van der Waals surface area contributed by atoms with Crippen molar-refractivity contribution >= 4 is 11.7 Å². The summed E-state index contributed by atoms with van der Waals surface area (Å²) in [6, 6.07) is 7.06. The lowest BCUT2D eigenvalue weighted by Gasteiger charge is -2.08. The highest BCUT2D eigenvalue weighted by molar-refractivity contribution is 5.80. The standard InChI is InChI=1S/C18H19N5O3/c1-11-12(2)22-17(23-18(11)25)13-5-6-15(19-8-13)20-10-16(24)21-9-14-4-3-7-26-14/h3-8H,9-10H2,1-2H3,(H,19,20)(H,21,24)(H,22,23,25). The Hall–Kier alpha value is -3.42. The molecule has 0 spiro atoms. The molecule has 0 radical (unpaired) electrons.